The molecular formula is C17H23NO2. The standard InChI is InChI=1S/C17H23NO2/c1-13-9-14(2)11-16(10-13)19-7-8-20-17-6-4-3-5-15(17)12-18/h3-6,13-14,16H,7-11H2,1-2H3. The van der Waals surface area contributed by atoms with Crippen molar-refractivity contribution < 1.29 is 9.47 Å². The van der Waals surface area contributed by atoms with Crippen LogP contribution in [0.4, 0.5) is 0 Å². The second-order valence-electron chi connectivity index (χ2n) is 5.87. The second kappa shape index (κ2) is 7.31. The van der Waals surface area contributed by atoms with Crippen molar-refractivity contribution in [2.45, 2.75) is 39.2 Å². The van der Waals surface area contributed by atoms with Crippen LogP contribution >= 0.6 is 0 Å². The van der Waals surface area contributed by atoms with Gasteiger partial charge in [-0.2, -0.15) is 5.26 Å². The molecule has 1 aliphatic carbocycles. The minimum atomic E-state index is 0.364. The summed E-state index contributed by atoms with van der Waals surface area (Å²) in [7, 11) is 0. The average Bonchev–Trinajstić information content (AvgIpc) is 2.43. The van der Waals surface area contributed by atoms with Gasteiger partial charge in [0.25, 0.3) is 0 Å². The maximum Gasteiger partial charge on any atom is 0.137 e. The zero-order valence-corrected chi connectivity index (χ0v) is 12.3. The Labute approximate surface area is 121 Å². The van der Waals surface area contributed by atoms with Gasteiger partial charge in [-0.1, -0.05) is 26.0 Å². The van der Waals surface area contributed by atoms with Gasteiger partial charge in [0, 0.05) is 0 Å². The highest BCUT2D eigenvalue weighted by atomic mass is 16.5. The maximum absolute atomic E-state index is 8.98. The van der Waals surface area contributed by atoms with E-state index in [1.165, 1.54) is 6.42 Å². The van der Waals surface area contributed by atoms with Crippen molar-refractivity contribution >= 4 is 0 Å². The Morgan fingerprint density at radius 2 is 1.80 bits per heavy atom. The Morgan fingerprint density at radius 3 is 2.50 bits per heavy atom. The van der Waals surface area contributed by atoms with E-state index in [9.17, 15) is 0 Å². The van der Waals surface area contributed by atoms with Crippen LogP contribution in [-0.4, -0.2) is 19.3 Å². The Hall–Kier alpha value is -1.53. The van der Waals surface area contributed by atoms with Crippen molar-refractivity contribution in [3.05, 3.63) is 29.8 Å². The SMILES string of the molecule is CC1CC(C)CC(OCCOc2ccccc2C#N)C1. The number of nitriles is 1. The zero-order chi connectivity index (χ0) is 14.4. The number of nitrogens with zero attached hydrogens (tertiary/aromatic N) is 1. The summed E-state index contributed by atoms with van der Waals surface area (Å²) in [6.07, 6.45) is 3.98. The Kier molecular flexibility index (Phi) is 5.43. The molecule has 1 fully saturated rings. The van der Waals surface area contributed by atoms with E-state index in [4.69, 9.17) is 14.7 Å². The van der Waals surface area contributed by atoms with E-state index < -0.39 is 0 Å². The first-order valence-electron chi connectivity index (χ1n) is 7.42. The lowest BCUT2D eigenvalue weighted by molar-refractivity contribution is -0.0107. The topological polar surface area (TPSA) is 42.2 Å². The van der Waals surface area contributed by atoms with E-state index in [0.717, 1.165) is 24.7 Å². The highest BCUT2D eigenvalue weighted by molar-refractivity contribution is 5.42. The average molecular weight is 273 g/mol. The molecule has 1 aromatic rings. The molecule has 0 heterocycles. The van der Waals surface area contributed by atoms with E-state index >= 15 is 0 Å². The van der Waals surface area contributed by atoms with Crippen LogP contribution in [0.15, 0.2) is 24.3 Å². The highest BCUT2D eigenvalue weighted by Crippen LogP contribution is 2.30. The molecular weight excluding hydrogens is 250 g/mol. The number of para-hydroxylation sites is 1. The van der Waals surface area contributed by atoms with Crippen LogP contribution < -0.4 is 4.74 Å². The molecule has 0 aromatic heterocycles. The van der Waals surface area contributed by atoms with E-state index in [1.807, 2.05) is 18.2 Å². The van der Waals surface area contributed by atoms with Crippen LogP contribution in [-0.2, 0) is 4.74 Å². The van der Waals surface area contributed by atoms with Gasteiger partial charge in [0.15, 0.2) is 0 Å². The first kappa shape index (κ1) is 14.9. The number of ether oxygens (including phenoxy) is 2. The van der Waals surface area contributed by atoms with Gasteiger partial charge in [0.1, 0.15) is 18.4 Å². The van der Waals surface area contributed by atoms with Crippen molar-refractivity contribution in [2.24, 2.45) is 11.8 Å². The molecule has 0 amide bonds. The summed E-state index contributed by atoms with van der Waals surface area (Å²) in [5, 5.41) is 8.98. The number of hydrogen-bond donors (Lipinski definition) is 0. The molecule has 0 bridgehead atoms. The molecule has 1 saturated carbocycles. The Balaban J connectivity index is 1.73. The molecule has 2 atom stereocenters. The molecule has 2 rings (SSSR count). The van der Waals surface area contributed by atoms with Crippen molar-refractivity contribution in [3.8, 4) is 11.8 Å². The molecule has 1 aliphatic rings. The van der Waals surface area contributed by atoms with Gasteiger partial charge >= 0.3 is 0 Å². The first-order valence-corrected chi connectivity index (χ1v) is 7.42. The van der Waals surface area contributed by atoms with Gasteiger partial charge in [-0.05, 0) is 43.2 Å². The second-order valence-corrected chi connectivity index (χ2v) is 5.87. The van der Waals surface area contributed by atoms with Crippen LogP contribution in [0.25, 0.3) is 0 Å². The van der Waals surface area contributed by atoms with E-state index in [2.05, 4.69) is 19.9 Å². The quantitative estimate of drug-likeness (QED) is 0.767. The monoisotopic (exact) mass is 273 g/mol. The van der Waals surface area contributed by atoms with Crippen LogP contribution in [0.1, 0.15) is 38.7 Å². The molecule has 20 heavy (non-hydrogen) atoms. The lowest BCUT2D eigenvalue weighted by Gasteiger charge is -2.31. The molecule has 108 valence electrons. The summed E-state index contributed by atoms with van der Waals surface area (Å²) in [5.41, 5.74) is 0.576. The van der Waals surface area contributed by atoms with Gasteiger partial charge in [0.05, 0.1) is 18.3 Å². The molecule has 0 radical (unpaired) electrons. The Bertz CT molecular complexity index is 456. The van der Waals surface area contributed by atoms with Gasteiger partial charge in [-0.15, -0.1) is 0 Å². The third-order valence-electron chi connectivity index (χ3n) is 3.84. The fourth-order valence-electron chi connectivity index (χ4n) is 3.06. The fraction of sp³-hybridized carbons (Fsp3) is 0.588. The number of hydrogen-bond acceptors (Lipinski definition) is 3. The number of rotatable bonds is 5. The Morgan fingerprint density at radius 1 is 1.10 bits per heavy atom. The van der Waals surface area contributed by atoms with Crippen LogP contribution in [0.3, 0.4) is 0 Å². The molecule has 0 aliphatic heterocycles. The molecule has 3 heteroatoms. The molecule has 3 nitrogen and oxygen atoms in total. The molecule has 0 spiro atoms. The molecule has 0 saturated heterocycles. The van der Waals surface area contributed by atoms with Crippen LogP contribution in [0.2, 0.25) is 0 Å². The summed E-state index contributed by atoms with van der Waals surface area (Å²) < 4.78 is 11.5. The van der Waals surface area contributed by atoms with Crippen molar-refractivity contribution in [2.75, 3.05) is 13.2 Å². The van der Waals surface area contributed by atoms with Crippen molar-refractivity contribution in [3.63, 3.8) is 0 Å². The molecule has 1 aromatic carbocycles. The molecule has 0 N–H and O–H groups in total. The summed E-state index contributed by atoms with van der Waals surface area (Å²) in [6.45, 7) is 5.68. The van der Waals surface area contributed by atoms with E-state index in [0.29, 0.717) is 30.6 Å². The third-order valence-corrected chi connectivity index (χ3v) is 3.84. The lowest BCUT2D eigenvalue weighted by atomic mass is 9.82. The zero-order valence-electron chi connectivity index (χ0n) is 12.3. The van der Waals surface area contributed by atoms with Crippen LogP contribution in [0, 0.1) is 23.2 Å². The fourth-order valence-corrected chi connectivity index (χ4v) is 3.06. The normalized spacial score (nSPS) is 25.9. The summed E-state index contributed by atoms with van der Waals surface area (Å²) in [4.78, 5) is 0. The maximum atomic E-state index is 8.98. The van der Waals surface area contributed by atoms with Gasteiger partial charge in [0.2, 0.25) is 0 Å². The summed E-state index contributed by atoms with van der Waals surface area (Å²) >= 11 is 0. The van der Waals surface area contributed by atoms with E-state index in [-0.39, 0.29) is 0 Å². The summed E-state index contributed by atoms with van der Waals surface area (Å²) in [5.74, 6) is 2.15. The lowest BCUT2D eigenvalue weighted by Crippen LogP contribution is -2.27. The predicted molar refractivity (Wildman–Crippen MR) is 78.6 cm³/mol. The highest BCUT2D eigenvalue weighted by Gasteiger charge is 2.24. The third kappa shape index (κ3) is 4.25. The minimum Gasteiger partial charge on any atom is -0.490 e. The van der Waals surface area contributed by atoms with Gasteiger partial charge in [-0.3, -0.25) is 0 Å². The molecule has 2 unspecified atom stereocenters. The van der Waals surface area contributed by atoms with Gasteiger partial charge < -0.3 is 9.47 Å². The summed E-state index contributed by atoms with van der Waals surface area (Å²) in [6, 6.07) is 9.44. The van der Waals surface area contributed by atoms with Gasteiger partial charge in [-0.25, -0.2) is 0 Å². The first-order chi connectivity index (χ1) is 9.69. The van der Waals surface area contributed by atoms with E-state index in [1.54, 1.807) is 6.07 Å². The predicted octanol–water partition coefficient (Wildman–Crippen LogP) is 3.78. The number of benzene rings is 1. The van der Waals surface area contributed by atoms with Crippen LogP contribution in [0.5, 0.6) is 5.75 Å². The van der Waals surface area contributed by atoms with Crippen molar-refractivity contribution in [1.82, 2.24) is 0 Å². The van der Waals surface area contributed by atoms with Crippen molar-refractivity contribution in [1.29, 1.82) is 5.26 Å². The minimum absolute atomic E-state index is 0.364. The largest absolute Gasteiger partial charge is 0.490 e. The smallest absolute Gasteiger partial charge is 0.137 e.